The molecule has 0 aliphatic heterocycles. The van der Waals surface area contributed by atoms with Crippen molar-refractivity contribution in [3.05, 3.63) is 65.5 Å². The topological polar surface area (TPSA) is 32.3 Å². The van der Waals surface area contributed by atoms with Crippen molar-refractivity contribution in [3.63, 3.8) is 0 Å². The van der Waals surface area contributed by atoms with Crippen LogP contribution in [0.15, 0.2) is 48.5 Å². The first-order valence-corrected chi connectivity index (χ1v) is 8.27. The molecule has 0 heterocycles. The van der Waals surface area contributed by atoms with Crippen molar-refractivity contribution in [1.82, 2.24) is 4.90 Å². The Hall–Kier alpha value is -2.41. The highest BCUT2D eigenvalue weighted by Gasteiger charge is 2.34. The number of carbonyl (C=O) groups is 1. The van der Waals surface area contributed by atoms with Gasteiger partial charge in [-0.15, -0.1) is 0 Å². The highest BCUT2D eigenvalue weighted by atomic mass is 19.4. The molecular weight excluding hydrogens is 348 g/mol. The van der Waals surface area contributed by atoms with Crippen molar-refractivity contribution in [2.75, 3.05) is 11.9 Å². The lowest BCUT2D eigenvalue weighted by molar-refractivity contribution is -0.137. The maximum Gasteiger partial charge on any atom is 0.418 e. The Morgan fingerprint density at radius 2 is 1.73 bits per heavy atom. The van der Waals surface area contributed by atoms with Crippen LogP contribution in [0.5, 0.6) is 0 Å². The van der Waals surface area contributed by atoms with Gasteiger partial charge in [0, 0.05) is 12.6 Å². The zero-order chi connectivity index (χ0) is 18.7. The summed E-state index contributed by atoms with van der Waals surface area (Å²) < 4.78 is 52.1. The van der Waals surface area contributed by atoms with Gasteiger partial charge in [0.15, 0.2) is 0 Å². The second-order valence-corrected chi connectivity index (χ2v) is 6.35. The molecule has 1 aliphatic rings. The SMILES string of the molecule is O=C(CN(Cc1ccc(F)cc1)C1CC1)Nc1ccccc1C(F)(F)F. The second kappa shape index (κ2) is 7.45. The maximum atomic E-state index is 13.0. The van der Waals surface area contributed by atoms with Gasteiger partial charge < -0.3 is 5.32 Å². The average molecular weight is 366 g/mol. The molecular formula is C19H18F4N2O. The lowest BCUT2D eigenvalue weighted by Crippen LogP contribution is -2.34. The van der Waals surface area contributed by atoms with E-state index < -0.39 is 17.6 Å². The summed E-state index contributed by atoms with van der Waals surface area (Å²) >= 11 is 0. The first kappa shape index (κ1) is 18.4. The van der Waals surface area contributed by atoms with Crippen LogP contribution in [-0.4, -0.2) is 23.4 Å². The van der Waals surface area contributed by atoms with Gasteiger partial charge in [0.05, 0.1) is 17.8 Å². The Balaban J connectivity index is 1.67. The van der Waals surface area contributed by atoms with E-state index in [1.807, 2.05) is 4.90 Å². The molecule has 26 heavy (non-hydrogen) atoms. The predicted octanol–water partition coefficient (Wildman–Crippen LogP) is 4.45. The van der Waals surface area contributed by atoms with E-state index in [9.17, 15) is 22.4 Å². The Labute approximate surface area is 148 Å². The minimum Gasteiger partial charge on any atom is -0.324 e. The second-order valence-electron chi connectivity index (χ2n) is 6.35. The quantitative estimate of drug-likeness (QED) is 0.767. The van der Waals surface area contributed by atoms with Crippen molar-refractivity contribution in [2.24, 2.45) is 0 Å². The molecule has 1 N–H and O–H groups in total. The fourth-order valence-electron chi connectivity index (χ4n) is 2.79. The molecule has 2 aromatic rings. The van der Waals surface area contributed by atoms with E-state index in [4.69, 9.17) is 0 Å². The number of nitrogens with zero attached hydrogens (tertiary/aromatic N) is 1. The van der Waals surface area contributed by atoms with Crippen LogP contribution in [0.25, 0.3) is 0 Å². The molecule has 0 saturated heterocycles. The number of alkyl halides is 3. The van der Waals surface area contributed by atoms with Crippen molar-refractivity contribution in [2.45, 2.75) is 31.6 Å². The Morgan fingerprint density at radius 1 is 1.08 bits per heavy atom. The number of hydrogen-bond acceptors (Lipinski definition) is 2. The third kappa shape index (κ3) is 4.82. The predicted molar refractivity (Wildman–Crippen MR) is 89.9 cm³/mol. The minimum absolute atomic E-state index is 0.0196. The molecule has 3 rings (SSSR count). The highest BCUT2D eigenvalue weighted by Crippen LogP contribution is 2.34. The summed E-state index contributed by atoms with van der Waals surface area (Å²) in [6, 6.07) is 11.1. The highest BCUT2D eigenvalue weighted by molar-refractivity contribution is 5.93. The van der Waals surface area contributed by atoms with Gasteiger partial charge in [0.1, 0.15) is 5.82 Å². The van der Waals surface area contributed by atoms with Crippen molar-refractivity contribution >= 4 is 11.6 Å². The zero-order valence-corrected chi connectivity index (χ0v) is 13.9. The van der Waals surface area contributed by atoms with Gasteiger partial charge in [0.2, 0.25) is 5.91 Å². The number of benzene rings is 2. The molecule has 1 aliphatic carbocycles. The van der Waals surface area contributed by atoms with Gasteiger partial charge in [-0.3, -0.25) is 9.69 Å². The lowest BCUT2D eigenvalue weighted by atomic mass is 10.1. The molecule has 0 spiro atoms. The van der Waals surface area contributed by atoms with E-state index in [1.54, 1.807) is 12.1 Å². The van der Waals surface area contributed by atoms with Crippen LogP contribution < -0.4 is 5.32 Å². The molecule has 0 unspecified atom stereocenters. The summed E-state index contributed by atoms with van der Waals surface area (Å²) in [6.07, 6.45) is -2.66. The van der Waals surface area contributed by atoms with Crippen LogP contribution in [-0.2, 0) is 17.5 Å². The molecule has 2 aromatic carbocycles. The van der Waals surface area contributed by atoms with E-state index in [-0.39, 0.29) is 24.1 Å². The molecule has 1 fully saturated rings. The lowest BCUT2D eigenvalue weighted by Gasteiger charge is -2.22. The molecule has 1 saturated carbocycles. The van der Waals surface area contributed by atoms with Gasteiger partial charge in [-0.1, -0.05) is 24.3 Å². The number of carbonyl (C=O) groups excluding carboxylic acids is 1. The fourth-order valence-corrected chi connectivity index (χ4v) is 2.79. The fraction of sp³-hybridized carbons (Fsp3) is 0.316. The normalized spacial score (nSPS) is 14.5. The third-order valence-electron chi connectivity index (χ3n) is 4.22. The van der Waals surface area contributed by atoms with E-state index in [0.717, 1.165) is 24.5 Å². The molecule has 1 amide bonds. The Kier molecular flexibility index (Phi) is 5.27. The molecule has 138 valence electrons. The van der Waals surface area contributed by atoms with E-state index in [2.05, 4.69) is 5.32 Å². The smallest absolute Gasteiger partial charge is 0.324 e. The van der Waals surface area contributed by atoms with Crippen molar-refractivity contribution in [1.29, 1.82) is 0 Å². The largest absolute Gasteiger partial charge is 0.418 e. The van der Waals surface area contributed by atoms with Gasteiger partial charge >= 0.3 is 6.18 Å². The van der Waals surface area contributed by atoms with Gasteiger partial charge in [0.25, 0.3) is 0 Å². The number of amides is 1. The summed E-state index contributed by atoms with van der Waals surface area (Å²) in [5.41, 5.74) is -0.269. The van der Waals surface area contributed by atoms with Crippen LogP contribution in [0, 0.1) is 5.82 Å². The van der Waals surface area contributed by atoms with Gasteiger partial charge in [-0.2, -0.15) is 13.2 Å². The molecule has 3 nitrogen and oxygen atoms in total. The Morgan fingerprint density at radius 3 is 2.35 bits per heavy atom. The number of halogens is 4. The number of para-hydroxylation sites is 1. The number of anilines is 1. The Bertz CT molecular complexity index is 770. The van der Waals surface area contributed by atoms with Crippen LogP contribution in [0.4, 0.5) is 23.2 Å². The number of nitrogens with one attached hydrogen (secondary N) is 1. The molecule has 0 aromatic heterocycles. The summed E-state index contributed by atoms with van der Waals surface area (Å²) in [7, 11) is 0. The summed E-state index contributed by atoms with van der Waals surface area (Å²) in [6.45, 7) is 0.424. The summed E-state index contributed by atoms with van der Waals surface area (Å²) in [5.74, 6) is -0.844. The standard InChI is InChI=1S/C19H18F4N2O/c20-14-7-5-13(6-8-14)11-25(15-9-10-15)12-18(26)24-17-4-2-1-3-16(17)19(21,22)23/h1-8,15H,9-12H2,(H,24,26). The van der Waals surface area contributed by atoms with E-state index in [1.165, 1.54) is 30.3 Å². The average Bonchev–Trinajstić information content (AvgIpc) is 3.41. The van der Waals surface area contributed by atoms with Gasteiger partial charge in [-0.05, 0) is 42.7 Å². The van der Waals surface area contributed by atoms with E-state index >= 15 is 0 Å². The van der Waals surface area contributed by atoms with Crippen molar-refractivity contribution in [3.8, 4) is 0 Å². The monoisotopic (exact) mass is 366 g/mol. The first-order valence-electron chi connectivity index (χ1n) is 8.27. The molecule has 0 radical (unpaired) electrons. The zero-order valence-electron chi connectivity index (χ0n) is 13.9. The first-order chi connectivity index (χ1) is 12.3. The van der Waals surface area contributed by atoms with Crippen LogP contribution in [0.3, 0.4) is 0 Å². The molecule has 7 heteroatoms. The number of rotatable bonds is 6. The molecule has 0 bridgehead atoms. The number of hydrogen-bond donors (Lipinski definition) is 1. The van der Waals surface area contributed by atoms with Crippen LogP contribution in [0.2, 0.25) is 0 Å². The van der Waals surface area contributed by atoms with E-state index in [0.29, 0.717) is 6.54 Å². The maximum absolute atomic E-state index is 13.0. The van der Waals surface area contributed by atoms with Crippen molar-refractivity contribution < 1.29 is 22.4 Å². The minimum atomic E-state index is -4.53. The summed E-state index contributed by atoms with van der Waals surface area (Å²) in [4.78, 5) is 14.2. The third-order valence-corrected chi connectivity index (χ3v) is 4.22. The van der Waals surface area contributed by atoms with Crippen LogP contribution in [0.1, 0.15) is 24.0 Å². The molecule has 0 atom stereocenters. The van der Waals surface area contributed by atoms with Gasteiger partial charge in [-0.25, -0.2) is 4.39 Å². The summed E-state index contributed by atoms with van der Waals surface area (Å²) in [5, 5.41) is 2.36. The van der Waals surface area contributed by atoms with Crippen LogP contribution >= 0.6 is 0 Å².